The lowest BCUT2D eigenvalue weighted by Gasteiger charge is -2.18. The first-order chi connectivity index (χ1) is 12.1. The topological polar surface area (TPSA) is 71.3 Å². The lowest BCUT2D eigenvalue weighted by Crippen LogP contribution is -2.32. The second-order valence-electron chi connectivity index (χ2n) is 5.71. The predicted octanol–water partition coefficient (Wildman–Crippen LogP) is 3.52. The minimum Gasteiger partial charge on any atom is -0.493 e. The highest BCUT2D eigenvalue weighted by Gasteiger charge is 2.14. The normalized spacial score (nSPS) is 11.3. The zero-order valence-corrected chi connectivity index (χ0v) is 14.7. The Morgan fingerprint density at radius 3 is 2.52 bits per heavy atom. The van der Waals surface area contributed by atoms with Gasteiger partial charge >= 0.3 is 0 Å². The zero-order chi connectivity index (χ0) is 18.2. The van der Waals surface area contributed by atoms with Gasteiger partial charge in [-0.2, -0.15) is 5.26 Å². The summed E-state index contributed by atoms with van der Waals surface area (Å²) >= 11 is 0. The van der Waals surface area contributed by atoms with Gasteiger partial charge in [0.2, 0.25) is 0 Å². The largest absolute Gasteiger partial charge is 0.493 e. The molecule has 0 saturated heterocycles. The van der Waals surface area contributed by atoms with E-state index in [2.05, 4.69) is 5.32 Å². The van der Waals surface area contributed by atoms with Crippen molar-refractivity contribution in [3.63, 3.8) is 0 Å². The average molecular weight is 338 g/mol. The molecule has 5 heteroatoms. The monoisotopic (exact) mass is 338 g/mol. The number of amides is 1. The minimum absolute atomic E-state index is 0.0560. The van der Waals surface area contributed by atoms with Gasteiger partial charge in [-0.1, -0.05) is 36.8 Å². The summed E-state index contributed by atoms with van der Waals surface area (Å²) in [5, 5.41) is 11.9. The fourth-order valence-corrected chi connectivity index (χ4v) is 2.46. The number of nitriles is 1. The molecule has 0 bridgehead atoms. The molecule has 0 aliphatic heterocycles. The summed E-state index contributed by atoms with van der Waals surface area (Å²) in [6, 6.07) is 14.9. The van der Waals surface area contributed by atoms with E-state index in [1.54, 1.807) is 18.2 Å². The maximum Gasteiger partial charge on any atom is 0.258 e. The Balaban J connectivity index is 1.98. The molecule has 130 valence electrons. The summed E-state index contributed by atoms with van der Waals surface area (Å²) in [5.41, 5.74) is 2.72. The summed E-state index contributed by atoms with van der Waals surface area (Å²) in [6.07, 6.45) is 0.787. The molecule has 0 unspecified atom stereocenters. The lowest BCUT2D eigenvalue weighted by atomic mass is 10.0. The highest BCUT2D eigenvalue weighted by Crippen LogP contribution is 2.27. The van der Waals surface area contributed by atoms with Gasteiger partial charge in [-0.25, -0.2) is 0 Å². The number of aryl methyl sites for hydroxylation is 1. The molecule has 0 aromatic heterocycles. The smallest absolute Gasteiger partial charge is 0.258 e. The van der Waals surface area contributed by atoms with E-state index < -0.39 is 0 Å². The van der Waals surface area contributed by atoms with Crippen molar-refractivity contribution >= 4 is 5.91 Å². The average Bonchev–Trinajstić information content (AvgIpc) is 2.65. The Bertz CT molecular complexity index is 764. The van der Waals surface area contributed by atoms with Crippen molar-refractivity contribution in [2.75, 3.05) is 13.7 Å². The number of methoxy groups -OCH3 is 1. The van der Waals surface area contributed by atoms with Crippen molar-refractivity contribution < 1.29 is 14.3 Å². The molecular formula is C20H22N2O3. The van der Waals surface area contributed by atoms with Crippen molar-refractivity contribution in [3.8, 4) is 17.6 Å². The Kier molecular flexibility index (Phi) is 6.41. The van der Waals surface area contributed by atoms with E-state index in [0.29, 0.717) is 17.1 Å². The van der Waals surface area contributed by atoms with E-state index in [4.69, 9.17) is 14.7 Å². The van der Waals surface area contributed by atoms with Gasteiger partial charge in [0.25, 0.3) is 5.91 Å². The molecule has 0 spiro atoms. The molecular weight excluding hydrogens is 316 g/mol. The first-order valence-electron chi connectivity index (χ1n) is 8.14. The van der Waals surface area contributed by atoms with Crippen LogP contribution < -0.4 is 14.8 Å². The highest BCUT2D eigenvalue weighted by atomic mass is 16.5. The van der Waals surface area contributed by atoms with E-state index in [9.17, 15) is 4.79 Å². The number of carbonyl (C=O) groups excluding carboxylic acids is 1. The molecule has 0 aliphatic carbocycles. The molecule has 0 saturated carbocycles. The maximum absolute atomic E-state index is 12.2. The highest BCUT2D eigenvalue weighted by molar-refractivity contribution is 5.78. The number of hydrogen-bond acceptors (Lipinski definition) is 4. The van der Waals surface area contributed by atoms with Crippen molar-refractivity contribution in [1.29, 1.82) is 5.26 Å². The molecule has 2 aromatic rings. The van der Waals surface area contributed by atoms with Crippen LogP contribution in [0.4, 0.5) is 0 Å². The number of nitrogens with zero attached hydrogens (tertiary/aromatic N) is 1. The number of ether oxygens (including phenoxy) is 2. The van der Waals surface area contributed by atoms with E-state index in [0.717, 1.165) is 12.0 Å². The van der Waals surface area contributed by atoms with Gasteiger partial charge in [0, 0.05) is 6.07 Å². The molecule has 1 atom stereocenters. The third-order valence-corrected chi connectivity index (χ3v) is 3.87. The SMILES string of the molecule is CC[C@H](NC(=O)COc1ccc(C#N)cc1OC)c1ccc(C)cc1. The Hall–Kier alpha value is -3.00. The van der Waals surface area contributed by atoms with Gasteiger partial charge in [-0.05, 0) is 31.0 Å². The van der Waals surface area contributed by atoms with Crippen LogP contribution in [0.25, 0.3) is 0 Å². The Morgan fingerprint density at radius 1 is 1.20 bits per heavy atom. The fraction of sp³-hybridized carbons (Fsp3) is 0.300. The molecule has 1 amide bonds. The third kappa shape index (κ3) is 4.98. The molecule has 5 nitrogen and oxygen atoms in total. The van der Waals surface area contributed by atoms with Gasteiger partial charge in [0.05, 0.1) is 24.8 Å². The summed E-state index contributed by atoms with van der Waals surface area (Å²) in [4.78, 5) is 12.2. The van der Waals surface area contributed by atoms with E-state index in [1.807, 2.05) is 44.2 Å². The molecule has 1 N–H and O–H groups in total. The second kappa shape index (κ2) is 8.74. The number of nitrogens with one attached hydrogen (secondary N) is 1. The van der Waals surface area contributed by atoms with Crippen LogP contribution in [0.2, 0.25) is 0 Å². The van der Waals surface area contributed by atoms with Gasteiger partial charge in [0.1, 0.15) is 0 Å². The first-order valence-corrected chi connectivity index (χ1v) is 8.14. The van der Waals surface area contributed by atoms with E-state index in [-0.39, 0.29) is 18.6 Å². The molecule has 2 aromatic carbocycles. The number of benzene rings is 2. The van der Waals surface area contributed by atoms with Gasteiger partial charge in [-0.3, -0.25) is 4.79 Å². The predicted molar refractivity (Wildman–Crippen MR) is 95.6 cm³/mol. The van der Waals surface area contributed by atoms with Crippen LogP contribution in [0.5, 0.6) is 11.5 Å². The van der Waals surface area contributed by atoms with E-state index >= 15 is 0 Å². The Labute approximate surface area is 148 Å². The van der Waals surface area contributed by atoms with Crippen LogP contribution in [-0.2, 0) is 4.79 Å². The number of hydrogen-bond donors (Lipinski definition) is 1. The van der Waals surface area contributed by atoms with Crippen molar-refractivity contribution in [2.24, 2.45) is 0 Å². The van der Waals surface area contributed by atoms with Crippen molar-refractivity contribution in [1.82, 2.24) is 5.32 Å². The summed E-state index contributed by atoms with van der Waals surface area (Å²) in [7, 11) is 1.49. The maximum atomic E-state index is 12.2. The van der Waals surface area contributed by atoms with Gasteiger partial charge in [0.15, 0.2) is 18.1 Å². The molecule has 0 aliphatic rings. The lowest BCUT2D eigenvalue weighted by molar-refractivity contribution is -0.123. The zero-order valence-electron chi connectivity index (χ0n) is 14.7. The number of rotatable bonds is 7. The summed E-state index contributed by atoms with van der Waals surface area (Å²) in [5.74, 6) is 0.649. The van der Waals surface area contributed by atoms with Crippen LogP contribution in [0.15, 0.2) is 42.5 Å². The quantitative estimate of drug-likeness (QED) is 0.838. The second-order valence-corrected chi connectivity index (χ2v) is 5.71. The van der Waals surface area contributed by atoms with Crippen LogP contribution in [0.1, 0.15) is 36.1 Å². The van der Waals surface area contributed by atoms with Crippen molar-refractivity contribution in [3.05, 3.63) is 59.2 Å². The van der Waals surface area contributed by atoms with Crippen LogP contribution in [-0.4, -0.2) is 19.6 Å². The van der Waals surface area contributed by atoms with Gasteiger partial charge in [-0.15, -0.1) is 0 Å². The van der Waals surface area contributed by atoms with Crippen LogP contribution >= 0.6 is 0 Å². The molecule has 0 fully saturated rings. The Morgan fingerprint density at radius 2 is 1.92 bits per heavy atom. The summed E-state index contributed by atoms with van der Waals surface area (Å²) < 4.78 is 10.7. The van der Waals surface area contributed by atoms with Crippen LogP contribution in [0, 0.1) is 18.3 Å². The molecule has 2 rings (SSSR count). The first kappa shape index (κ1) is 18.3. The van der Waals surface area contributed by atoms with Gasteiger partial charge < -0.3 is 14.8 Å². The van der Waals surface area contributed by atoms with Crippen molar-refractivity contribution in [2.45, 2.75) is 26.3 Å². The molecule has 25 heavy (non-hydrogen) atoms. The summed E-state index contributed by atoms with van der Waals surface area (Å²) in [6.45, 7) is 3.93. The van der Waals surface area contributed by atoms with E-state index in [1.165, 1.54) is 12.7 Å². The number of carbonyl (C=O) groups is 1. The fourth-order valence-electron chi connectivity index (χ4n) is 2.46. The third-order valence-electron chi connectivity index (χ3n) is 3.87. The minimum atomic E-state index is -0.209. The van der Waals surface area contributed by atoms with Crippen LogP contribution in [0.3, 0.4) is 0 Å². The molecule has 0 heterocycles. The molecule has 0 radical (unpaired) electrons. The standard InChI is InChI=1S/C20H22N2O3/c1-4-17(16-8-5-14(2)6-9-16)22-20(23)13-25-18-10-7-15(12-21)11-19(18)24-3/h5-11,17H,4,13H2,1-3H3,(H,22,23)/t17-/m0/s1.